The Hall–Kier alpha value is -1.13. The highest BCUT2D eigenvalue weighted by molar-refractivity contribution is 7.27. The van der Waals surface area contributed by atoms with Crippen molar-refractivity contribution in [2.75, 3.05) is 0 Å². The van der Waals surface area contributed by atoms with Crippen molar-refractivity contribution in [1.82, 2.24) is 0 Å². The topological polar surface area (TPSA) is 0 Å². The van der Waals surface area contributed by atoms with Gasteiger partial charge in [0.25, 0.3) is 0 Å². The zero-order chi connectivity index (χ0) is 10.2. The van der Waals surface area contributed by atoms with Crippen LogP contribution in [-0.2, 0) is 0 Å². The summed E-state index contributed by atoms with van der Waals surface area (Å²) in [6.07, 6.45) is 0. The lowest BCUT2D eigenvalue weighted by molar-refractivity contribution is 1.52. The molecular weight excluding hydrogens is 187 g/mol. The lowest BCUT2D eigenvalue weighted by Gasteiger charge is -1.93. The van der Waals surface area contributed by atoms with Gasteiger partial charge in [0, 0.05) is 0 Å². The first-order valence-corrected chi connectivity index (χ1v) is 5.19. The molecule has 0 amide bonds. The number of benzene rings is 2. The van der Waals surface area contributed by atoms with Gasteiger partial charge in [0.05, 0.1) is 0 Å². The second kappa shape index (κ2) is 6.34. The molecule has 1 unspecified atom stereocenters. The maximum atomic E-state index is 2.69. The Morgan fingerprint density at radius 1 is 0.714 bits per heavy atom. The van der Waals surface area contributed by atoms with E-state index >= 15 is 0 Å². The maximum Gasteiger partial charge on any atom is -0.0274 e. The van der Waals surface area contributed by atoms with Crippen molar-refractivity contribution >= 4 is 14.5 Å². The molecule has 0 N–H and O–H groups in total. The van der Waals surface area contributed by atoms with Gasteiger partial charge >= 0.3 is 0 Å². The summed E-state index contributed by atoms with van der Waals surface area (Å²) in [7, 11) is 2.69. The van der Waals surface area contributed by atoms with E-state index in [2.05, 4.69) is 28.3 Å². The second-order valence-electron chi connectivity index (χ2n) is 3.01. The standard InChI is InChI=1S/C7H9P.C6H6/c1-6-4-2-3-5-7(6)8;1-2-4-6-5-3-1/h2-5H,8H2,1H3;1-6H. The fourth-order valence-electron chi connectivity index (χ4n) is 0.972. The van der Waals surface area contributed by atoms with Gasteiger partial charge in [0.15, 0.2) is 0 Å². The third-order valence-electron chi connectivity index (χ3n) is 1.86. The molecule has 0 aliphatic carbocycles. The molecule has 0 saturated heterocycles. The van der Waals surface area contributed by atoms with Crippen LogP contribution in [0, 0.1) is 6.92 Å². The maximum absolute atomic E-state index is 2.69. The van der Waals surface area contributed by atoms with Crippen molar-refractivity contribution in [2.45, 2.75) is 6.92 Å². The number of hydrogen-bond donors (Lipinski definition) is 0. The third kappa shape index (κ3) is 4.20. The normalized spacial score (nSPS) is 8.71. The predicted octanol–water partition coefficient (Wildman–Crippen LogP) is 3.18. The molecule has 0 heterocycles. The highest BCUT2D eigenvalue weighted by Gasteiger charge is 1.84. The molecule has 0 aliphatic rings. The van der Waals surface area contributed by atoms with Crippen LogP contribution in [0.2, 0.25) is 0 Å². The molecule has 0 aliphatic heterocycles. The zero-order valence-corrected chi connectivity index (χ0v) is 9.51. The summed E-state index contributed by atoms with van der Waals surface area (Å²) in [6.45, 7) is 2.10. The molecule has 2 aromatic carbocycles. The van der Waals surface area contributed by atoms with E-state index in [4.69, 9.17) is 0 Å². The molecule has 1 heteroatoms. The van der Waals surface area contributed by atoms with Gasteiger partial charge in [0.2, 0.25) is 0 Å². The summed E-state index contributed by atoms with van der Waals surface area (Å²) >= 11 is 0. The Labute approximate surface area is 88.2 Å². The van der Waals surface area contributed by atoms with Gasteiger partial charge in [-0.25, -0.2) is 0 Å². The molecule has 0 radical (unpaired) electrons. The van der Waals surface area contributed by atoms with Crippen LogP contribution in [0.1, 0.15) is 5.56 Å². The van der Waals surface area contributed by atoms with Crippen LogP contribution in [0.3, 0.4) is 0 Å². The van der Waals surface area contributed by atoms with E-state index in [1.54, 1.807) is 0 Å². The largest absolute Gasteiger partial charge is 0.105 e. The van der Waals surface area contributed by atoms with Crippen LogP contribution in [-0.4, -0.2) is 0 Å². The van der Waals surface area contributed by atoms with Crippen molar-refractivity contribution in [2.24, 2.45) is 0 Å². The van der Waals surface area contributed by atoms with Crippen LogP contribution in [0.25, 0.3) is 0 Å². The van der Waals surface area contributed by atoms with E-state index in [1.165, 1.54) is 10.9 Å². The molecule has 72 valence electrons. The number of aryl methyl sites for hydroxylation is 1. The highest BCUT2D eigenvalue weighted by Crippen LogP contribution is 1.96. The molecule has 14 heavy (non-hydrogen) atoms. The predicted molar refractivity (Wildman–Crippen MR) is 67.0 cm³/mol. The van der Waals surface area contributed by atoms with E-state index in [1.807, 2.05) is 48.5 Å². The Morgan fingerprint density at radius 2 is 1.14 bits per heavy atom. The molecular formula is C13H15P. The lowest BCUT2D eigenvalue weighted by Crippen LogP contribution is -1.92. The van der Waals surface area contributed by atoms with Crippen LogP contribution in [0.4, 0.5) is 0 Å². The van der Waals surface area contributed by atoms with Gasteiger partial charge in [-0.05, 0) is 17.8 Å². The van der Waals surface area contributed by atoms with Gasteiger partial charge in [0.1, 0.15) is 0 Å². The summed E-state index contributed by atoms with van der Waals surface area (Å²) in [5, 5.41) is 1.28. The molecule has 2 rings (SSSR count). The van der Waals surface area contributed by atoms with Gasteiger partial charge in [-0.1, -0.05) is 60.7 Å². The Morgan fingerprint density at radius 3 is 1.43 bits per heavy atom. The van der Waals surface area contributed by atoms with Crippen LogP contribution >= 0.6 is 9.24 Å². The van der Waals surface area contributed by atoms with E-state index in [9.17, 15) is 0 Å². The quantitative estimate of drug-likeness (QED) is 0.575. The lowest BCUT2D eigenvalue weighted by atomic mass is 10.2. The first-order valence-electron chi connectivity index (χ1n) is 4.62. The molecule has 0 bridgehead atoms. The smallest absolute Gasteiger partial charge is 0.0274 e. The first kappa shape index (κ1) is 10.9. The molecule has 0 nitrogen and oxygen atoms in total. The average molecular weight is 202 g/mol. The fourth-order valence-corrected chi connectivity index (χ4v) is 1.18. The molecule has 0 saturated carbocycles. The highest BCUT2D eigenvalue weighted by atomic mass is 31.0. The van der Waals surface area contributed by atoms with E-state index in [0.717, 1.165) is 0 Å². The summed E-state index contributed by atoms with van der Waals surface area (Å²) < 4.78 is 0. The Bertz CT molecular complexity index is 307. The van der Waals surface area contributed by atoms with Crippen LogP contribution in [0.5, 0.6) is 0 Å². The van der Waals surface area contributed by atoms with Gasteiger partial charge in [-0.3, -0.25) is 0 Å². The fraction of sp³-hybridized carbons (Fsp3) is 0.0769. The van der Waals surface area contributed by atoms with Crippen LogP contribution in [0.15, 0.2) is 60.7 Å². The summed E-state index contributed by atoms with van der Waals surface area (Å²) in [4.78, 5) is 0. The molecule has 2 aromatic rings. The molecule has 1 atom stereocenters. The van der Waals surface area contributed by atoms with Gasteiger partial charge in [-0.15, -0.1) is 9.24 Å². The van der Waals surface area contributed by atoms with Crippen molar-refractivity contribution in [1.29, 1.82) is 0 Å². The van der Waals surface area contributed by atoms with Crippen molar-refractivity contribution in [3.05, 3.63) is 66.2 Å². The Balaban J connectivity index is 0.000000146. The van der Waals surface area contributed by atoms with E-state index in [-0.39, 0.29) is 0 Å². The van der Waals surface area contributed by atoms with Crippen molar-refractivity contribution < 1.29 is 0 Å². The summed E-state index contributed by atoms with van der Waals surface area (Å²) in [5.74, 6) is 0. The minimum atomic E-state index is 1.28. The molecule has 0 spiro atoms. The summed E-state index contributed by atoms with van der Waals surface area (Å²) in [5.41, 5.74) is 1.33. The van der Waals surface area contributed by atoms with E-state index in [0.29, 0.717) is 0 Å². The monoisotopic (exact) mass is 202 g/mol. The van der Waals surface area contributed by atoms with Crippen molar-refractivity contribution in [3.8, 4) is 0 Å². The van der Waals surface area contributed by atoms with E-state index < -0.39 is 0 Å². The minimum absolute atomic E-state index is 1.28. The first-order chi connectivity index (χ1) is 6.80. The molecule has 0 fully saturated rings. The molecule has 0 aromatic heterocycles. The van der Waals surface area contributed by atoms with Gasteiger partial charge in [-0.2, -0.15) is 0 Å². The SMILES string of the molecule is Cc1ccccc1P.c1ccccc1. The number of rotatable bonds is 0. The van der Waals surface area contributed by atoms with Crippen molar-refractivity contribution in [3.63, 3.8) is 0 Å². The Kier molecular flexibility index (Phi) is 4.96. The summed E-state index contributed by atoms with van der Waals surface area (Å²) in [6, 6.07) is 20.3. The average Bonchev–Trinajstić information content (AvgIpc) is 2.26. The van der Waals surface area contributed by atoms with Gasteiger partial charge < -0.3 is 0 Å². The van der Waals surface area contributed by atoms with Crippen LogP contribution < -0.4 is 5.30 Å². The second-order valence-corrected chi connectivity index (χ2v) is 3.63. The third-order valence-corrected chi connectivity index (χ3v) is 2.50. The zero-order valence-electron chi connectivity index (χ0n) is 8.35. The number of hydrogen-bond acceptors (Lipinski definition) is 0. The minimum Gasteiger partial charge on any atom is -0.105 e.